The molecule has 2 aromatic carbocycles. The molecule has 0 atom stereocenters. The summed E-state index contributed by atoms with van der Waals surface area (Å²) in [5, 5.41) is 0. The highest BCUT2D eigenvalue weighted by atomic mass is 14.2. The molecule has 178 valence electrons. The van der Waals surface area contributed by atoms with E-state index in [1.54, 1.807) is 0 Å². The van der Waals surface area contributed by atoms with Crippen molar-refractivity contribution in [1.29, 1.82) is 0 Å². The largest absolute Gasteiger partial charge is 0.0654 e. The van der Waals surface area contributed by atoms with Crippen molar-refractivity contribution in [3.8, 4) is 11.1 Å². The standard InChI is InChI=1S/C32H50/c1-9-11-13-15-17-25-19-27(23-29(21-25)31(3,4)5)28-20-26(18-16-14-12-10-2)22-30(24-28)32(6,7)8/h19-24H,9-18H2,1-8H3. The zero-order valence-corrected chi connectivity index (χ0v) is 22.5. The maximum absolute atomic E-state index is 2.48. The molecule has 32 heavy (non-hydrogen) atoms. The molecule has 0 aromatic heterocycles. The van der Waals surface area contributed by atoms with E-state index in [0.717, 1.165) is 0 Å². The van der Waals surface area contributed by atoms with Gasteiger partial charge in [0.15, 0.2) is 0 Å². The van der Waals surface area contributed by atoms with Gasteiger partial charge in [-0.3, -0.25) is 0 Å². The number of hydrogen-bond donors (Lipinski definition) is 0. The summed E-state index contributed by atoms with van der Waals surface area (Å²) in [4.78, 5) is 0. The van der Waals surface area contributed by atoms with Crippen LogP contribution in [0.5, 0.6) is 0 Å². The second-order valence-corrected chi connectivity index (χ2v) is 12.0. The Balaban J connectivity index is 2.45. The van der Waals surface area contributed by atoms with Gasteiger partial charge in [0.05, 0.1) is 0 Å². The van der Waals surface area contributed by atoms with Gasteiger partial charge in [0.2, 0.25) is 0 Å². The average Bonchev–Trinajstić information content (AvgIpc) is 2.73. The highest BCUT2D eigenvalue weighted by molar-refractivity contribution is 5.68. The second kappa shape index (κ2) is 12.1. The molecule has 0 aliphatic carbocycles. The summed E-state index contributed by atoms with van der Waals surface area (Å²) in [6.07, 6.45) is 13.0. The normalized spacial score (nSPS) is 12.4. The summed E-state index contributed by atoms with van der Waals surface area (Å²) in [7, 11) is 0. The first-order valence-electron chi connectivity index (χ1n) is 13.3. The van der Waals surface area contributed by atoms with Crippen LogP contribution < -0.4 is 0 Å². The van der Waals surface area contributed by atoms with Crippen molar-refractivity contribution in [2.24, 2.45) is 0 Å². The molecule has 0 spiro atoms. The van der Waals surface area contributed by atoms with Gasteiger partial charge in [0, 0.05) is 0 Å². The van der Waals surface area contributed by atoms with E-state index in [1.165, 1.54) is 97.6 Å². The maximum atomic E-state index is 2.48. The Morgan fingerprint density at radius 1 is 0.469 bits per heavy atom. The first kappa shape index (κ1) is 26.7. The fraction of sp³-hybridized carbons (Fsp3) is 0.625. The summed E-state index contributed by atoms with van der Waals surface area (Å²) in [5.74, 6) is 0. The molecule has 0 nitrogen and oxygen atoms in total. The molecule has 0 fully saturated rings. The third kappa shape index (κ3) is 8.42. The quantitative estimate of drug-likeness (QED) is 0.308. The molecule has 2 aromatic rings. The smallest absolute Gasteiger partial charge is 0.0132 e. The van der Waals surface area contributed by atoms with Gasteiger partial charge in [0.1, 0.15) is 0 Å². The van der Waals surface area contributed by atoms with Crippen LogP contribution in [0.15, 0.2) is 36.4 Å². The van der Waals surface area contributed by atoms with Gasteiger partial charge in [-0.1, -0.05) is 130 Å². The molecule has 0 aliphatic rings. The van der Waals surface area contributed by atoms with Crippen molar-refractivity contribution in [2.75, 3.05) is 0 Å². The fourth-order valence-electron chi connectivity index (χ4n) is 4.38. The Labute approximate surface area is 200 Å². The molecule has 0 aliphatic heterocycles. The molecule has 0 heteroatoms. The van der Waals surface area contributed by atoms with Crippen molar-refractivity contribution in [3.63, 3.8) is 0 Å². The van der Waals surface area contributed by atoms with E-state index in [4.69, 9.17) is 0 Å². The van der Waals surface area contributed by atoms with E-state index in [-0.39, 0.29) is 10.8 Å². The lowest BCUT2D eigenvalue weighted by molar-refractivity contribution is 0.587. The minimum Gasteiger partial charge on any atom is -0.0654 e. The van der Waals surface area contributed by atoms with Crippen LogP contribution in [0.2, 0.25) is 0 Å². The van der Waals surface area contributed by atoms with Crippen LogP contribution in [-0.2, 0) is 23.7 Å². The Morgan fingerprint density at radius 3 is 1.16 bits per heavy atom. The van der Waals surface area contributed by atoms with Gasteiger partial charge in [-0.05, 0) is 69.9 Å². The summed E-state index contributed by atoms with van der Waals surface area (Å²) in [6.45, 7) is 18.7. The topological polar surface area (TPSA) is 0 Å². The second-order valence-electron chi connectivity index (χ2n) is 12.0. The van der Waals surface area contributed by atoms with Gasteiger partial charge >= 0.3 is 0 Å². The van der Waals surface area contributed by atoms with Crippen LogP contribution in [0, 0.1) is 0 Å². The molecule has 0 saturated heterocycles. The molecule has 0 saturated carbocycles. The zero-order chi connectivity index (χ0) is 23.8. The Hall–Kier alpha value is -1.56. The first-order chi connectivity index (χ1) is 15.0. The van der Waals surface area contributed by atoms with E-state index in [1.807, 2.05) is 0 Å². The Bertz CT molecular complexity index is 755. The molecule has 0 unspecified atom stereocenters. The van der Waals surface area contributed by atoms with Crippen molar-refractivity contribution >= 4 is 0 Å². The highest BCUT2D eigenvalue weighted by Crippen LogP contribution is 2.34. The monoisotopic (exact) mass is 434 g/mol. The minimum absolute atomic E-state index is 0.165. The number of hydrogen-bond acceptors (Lipinski definition) is 0. The van der Waals surface area contributed by atoms with Crippen LogP contribution in [0.1, 0.15) is 129 Å². The van der Waals surface area contributed by atoms with E-state index >= 15 is 0 Å². The van der Waals surface area contributed by atoms with Crippen LogP contribution in [-0.4, -0.2) is 0 Å². The van der Waals surface area contributed by atoms with Crippen LogP contribution in [0.25, 0.3) is 11.1 Å². The minimum atomic E-state index is 0.165. The zero-order valence-electron chi connectivity index (χ0n) is 22.5. The third-order valence-electron chi connectivity index (χ3n) is 6.69. The molecular weight excluding hydrogens is 384 g/mol. The average molecular weight is 435 g/mol. The van der Waals surface area contributed by atoms with Crippen LogP contribution >= 0.6 is 0 Å². The van der Waals surface area contributed by atoms with E-state index in [0.29, 0.717) is 0 Å². The molecule has 0 heterocycles. The lowest BCUT2D eigenvalue weighted by atomic mass is 9.81. The lowest BCUT2D eigenvalue weighted by Crippen LogP contribution is -2.13. The third-order valence-corrected chi connectivity index (χ3v) is 6.69. The summed E-state index contributed by atoms with van der Waals surface area (Å²) < 4.78 is 0. The predicted octanol–water partition coefficient (Wildman–Crippen LogP) is 10.2. The molecule has 2 rings (SSSR count). The van der Waals surface area contributed by atoms with E-state index in [2.05, 4.69) is 91.8 Å². The van der Waals surface area contributed by atoms with Gasteiger partial charge < -0.3 is 0 Å². The molecule has 0 N–H and O–H groups in total. The van der Waals surface area contributed by atoms with Crippen molar-refractivity contribution in [1.82, 2.24) is 0 Å². The van der Waals surface area contributed by atoms with E-state index in [9.17, 15) is 0 Å². The van der Waals surface area contributed by atoms with Crippen LogP contribution in [0.3, 0.4) is 0 Å². The summed E-state index contributed by atoms with van der Waals surface area (Å²) in [6, 6.07) is 14.8. The fourth-order valence-corrected chi connectivity index (χ4v) is 4.38. The van der Waals surface area contributed by atoms with Gasteiger partial charge in [0.25, 0.3) is 0 Å². The van der Waals surface area contributed by atoms with Crippen molar-refractivity contribution in [2.45, 2.75) is 130 Å². The molecule has 0 amide bonds. The van der Waals surface area contributed by atoms with Gasteiger partial charge in [-0.25, -0.2) is 0 Å². The van der Waals surface area contributed by atoms with Gasteiger partial charge in [-0.15, -0.1) is 0 Å². The molecule has 0 radical (unpaired) electrons. The molecular formula is C32H50. The van der Waals surface area contributed by atoms with Crippen molar-refractivity contribution < 1.29 is 0 Å². The van der Waals surface area contributed by atoms with Gasteiger partial charge in [-0.2, -0.15) is 0 Å². The number of aryl methyl sites for hydroxylation is 2. The molecule has 0 bridgehead atoms. The van der Waals surface area contributed by atoms with Crippen LogP contribution in [0.4, 0.5) is 0 Å². The number of unbranched alkanes of at least 4 members (excludes halogenated alkanes) is 6. The lowest BCUT2D eigenvalue weighted by Gasteiger charge is -2.24. The van der Waals surface area contributed by atoms with E-state index < -0.39 is 0 Å². The van der Waals surface area contributed by atoms with Crippen molar-refractivity contribution in [3.05, 3.63) is 58.7 Å². The number of rotatable bonds is 11. The highest BCUT2D eigenvalue weighted by Gasteiger charge is 2.19. The summed E-state index contributed by atoms with van der Waals surface area (Å²) >= 11 is 0. The maximum Gasteiger partial charge on any atom is -0.0132 e. The Kier molecular flexibility index (Phi) is 10.1. The summed E-state index contributed by atoms with van der Waals surface area (Å²) in [5.41, 5.74) is 9.09. The SMILES string of the molecule is CCCCCCc1cc(-c2cc(CCCCCC)cc(C(C)(C)C)c2)cc(C(C)(C)C)c1. The predicted molar refractivity (Wildman–Crippen MR) is 145 cm³/mol. The Morgan fingerprint density at radius 2 is 0.844 bits per heavy atom. The number of benzene rings is 2. The first-order valence-corrected chi connectivity index (χ1v) is 13.3.